The van der Waals surface area contributed by atoms with Crippen molar-refractivity contribution in [1.82, 2.24) is 10.6 Å². The van der Waals surface area contributed by atoms with Gasteiger partial charge in [0.2, 0.25) is 0 Å². The number of hydrogen-bond acceptors (Lipinski definition) is 4. The number of halogens is 1. The molecule has 3 rings (SSSR count). The van der Waals surface area contributed by atoms with Gasteiger partial charge in [-0.15, -0.1) is 22.6 Å². The Morgan fingerprint density at radius 1 is 1.24 bits per heavy atom. The lowest BCUT2D eigenvalue weighted by atomic mass is 10.1. The SMILES string of the molecule is Cc1ccc2c(c1)C(=NC1NCCN1)N=N2.Cl. The van der Waals surface area contributed by atoms with Crippen LogP contribution in [0.5, 0.6) is 0 Å². The van der Waals surface area contributed by atoms with Gasteiger partial charge in [0, 0.05) is 18.7 Å². The van der Waals surface area contributed by atoms with Crippen LogP contribution < -0.4 is 10.6 Å². The van der Waals surface area contributed by atoms with Gasteiger partial charge in [0.05, 0.1) is 5.69 Å². The van der Waals surface area contributed by atoms with E-state index in [0.29, 0.717) is 5.84 Å². The van der Waals surface area contributed by atoms with Gasteiger partial charge in [-0.05, 0) is 19.1 Å². The minimum atomic E-state index is -0.0274. The van der Waals surface area contributed by atoms with E-state index in [4.69, 9.17) is 0 Å². The van der Waals surface area contributed by atoms with E-state index in [1.807, 2.05) is 12.1 Å². The summed E-state index contributed by atoms with van der Waals surface area (Å²) in [6.07, 6.45) is -0.0274. The lowest BCUT2D eigenvalue weighted by Crippen LogP contribution is -2.29. The maximum Gasteiger partial charge on any atom is 0.182 e. The van der Waals surface area contributed by atoms with Crippen molar-refractivity contribution >= 4 is 23.9 Å². The topological polar surface area (TPSA) is 61.1 Å². The van der Waals surface area contributed by atoms with E-state index in [0.717, 1.165) is 24.3 Å². The Bertz CT molecular complexity index is 477. The number of rotatable bonds is 1. The van der Waals surface area contributed by atoms with Crippen molar-refractivity contribution in [3.05, 3.63) is 29.3 Å². The first-order chi connectivity index (χ1) is 7.83. The molecule has 2 aliphatic heterocycles. The number of aliphatic imine (C=N–C) groups is 1. The summed E-state index contributed by atoms with van der Waals surface area (Å²) in [5, 5.41) is 14.7. The van der Waals surface area contributed by atoms with Gasteiger partial charge in [0.25, 0.3) is 0 Å². The van der Waals surface area contributed by atoms with Gasteiger partial charge in [0.15, 0.2) is 12.1 Å². The van der Waals surface area contributed by atoms with Gasteiger partial charge in [-0.2, -0.15) is 0 Å². The van der Waals surface area contributed by atoms with Gasteiger partial charge in [-0.1, -0.05) is 11.6 Å². The molecule has 2 heterocycles. The number of nitrogens with zero attached hydrogens (tertiary/aromatic N) is 3. The van der Waals surface area contributed by atoms with E-state index in [9.17, 15) is 0 Å². The van der Waals surface area contributed by atoms with Gasteiger partial charge in [0.1, 0.15) is 0 Å². The van der Waals surface area contributed by atoms with Crippen molar-refractivity contribution < 1.29 is 0 Å². The fourth-order valence-electron chi connectivity index (χ4n) is 1.87. The molecule has 0 radical (unpaired) electrons. The largest absolute Gasteiger partial charge is 0.282 e. The zero-order valence-electron chi connectivity index (χ0n) is 9.47. The lowest BCUT2D eigenvalue weighted by molar-refractivity contribution is 0.580. The van der Waals surface area contributed by atoms with Crippen molar-refractivity contribution in [2.24, 2.45) is 15.2 Å². The molecule has 0 atom stereocenters. The number of hydrogen-bond donors (Lipinski definition) is 2. The summed E-state index contributed by atoms with van der Waals surface area (Å²) in [6.45, 7) is 3.95. The third-order valence-corrected chi connectivity index (χ3v) is 2.70. The molecular weight excluding hydrogens is 238 g/mol. The minimum absolute atomic E-state index is 0. The van der Waals surface area contributed by atoms with Crippen LogP contribution in [0.15, 0.2) is 33.4 Å². The molecule has 0 saturated carbocycles. The molecule has 0 bridgehead atoms. The summed E-state index contributed by atoms with van der Waals surface area (Å²) in [4.78, 5) is 4.49. The van der Waals surface area contributed by atoms with Gasteiger partial charge >= 0.3 is 0 Å². The highest BCUT2D eigenvalue weighted by atomic mass is 35.5. The molecular formula is C11H14ClN5. The smallest absolute Gasteiger partial charge is 0.182 e. The molecule has 6 heteroatoms. The Hall–Kier alpha value is -1.30. The summed E-state index contributed by atoms with van der Waals surface area (Å²) >= 11 is 0. The average Bonchev–Trinajstić information content (AvgIpc) is 2.90. The predicted octanol–water partition coefficient (Wildman–Crippen LogP) is 1.74. The van der Waals surface area contributed by atoms with Crippen LogP contribution in [0.3, 0.4) is 0 Å². The molecule has 2 aliphatic rings. The normalized spacial score (nSPS) is 20.6. The Morgan fingerprint density at radius 2 is 2.00 bits per heavy atom. The molecule has 0 amide bonds. The molecule has 1 fully saturated rings. The molecule has 5 nitrogen and oxygen atoms in total. The summed E-state index contributed by atoms with van der Waals surface area (Å²) < 4.78 is 0. The zero-order valence-corrected chi connectivity index (χ0v) is 10.3. The van der Waals surface area contributed by atoms with Crippen LogP contribution in [0.4, 0.5) is 5.69 Å². The first kappa shape index (κ1) is 12.2. The maximum atomic E-state index is 4.49. The number of azo groups is 1. The molecule has 2 N–H and O–H groups in total. The van der Waals surface area contributed by atoms with Crippen molar-refractivity contribution in [3.8, 4) is 0 Å². The molecule has 0 aromatic heterocycles. The number of fused-ring (bicyclic) bond motifs is 1. The van der Waals surface area contributed by atoms with E-state index >= 15 is 0 Å². The third-order valence-electron chi connectivity index (χ3n) is 2.70. The van der Waals surface area contributed by atoms with Crippen LogP contribution in [0.25, 0.3) is 0 Å². The first-order valence-corrected chi connectivity index (χ1v) is 5.40. The average molecular weight is 252 g/mol. The van der Waals surface area contributed by atoms with Crippen molar-refractivity contribution in [2.75, 3.05) is 13.1 Å². The van der Waals surface area contributed by atoms with Gasteiger partial charge in [-0.3, -0.25) is 10.6 Å². The molecule has 1 aromatic carbocycles. The Labute approximate surface area is 106 Å². The van der Waals surface area contributed by atoms with Gasteiger partial charge in [-0.25, -0.2) is 4.99 Å². The van der Waals surface area contributed by atoms with Crippen LogP contribution in [0, 0.1) is 6.92 Å². The number of aryl methyl sites for hydroxylation is 1. The molecule has 17 heavy (non-hydrogen) atoms. The maximum absolute atomic E-state index is 4.49. The highest BCUT2D eigenvalue weighted by Gasteiger charge is 2.18. The monoisotopic (exact) mass is 251 g/mol. The first-order valence-electron chi connectivity index (χ1n) is 5.40. The molecule has 1 aromatic rings. The predicted molar refractivity (Wildman–Crippen MR) is 69.3 cm³/mol. The summed E-state index contributed by atoms with van der Waals surface area (Å²) in [6, 6.07) is 6.09. The minimum Gasteiger partial charge on any atom is -0.282 e. The second-order valence-corrected chi connectivity index (χ2v) is 3.98. The summed E-state index contributed by atoms with van der Waals surface area (Å²) in [5.74, 6) is 0.714. The van der Waals surface area contributed by atoms with Crippen LogP contribution in [-0.4, -0.2) is 25.2 Å². The molecule has 1 saturated heterocycles. The van der Waals surface area contributed by atoms with Crippen molar-refractivity contribution in [1.29, 1.82) is 0 Å². The van der Waals surface area contributed by atoms with Crippen molar-refractivity contribution in [2.45, 2.75) is 13.2 Å². The highest BCUT2D eigenvalue weighted by Crippen LogP contribution is 2.28. The van der Waals surface area contributed by atoms with E-state index in [-0.39, 0.29) is 18.7 Å². The quantitative estimate of drug-likeness (QED) is 0.799. The van der Waals surface area contributed by atoms with E-state index in [1.54, 1.807) is 0 Å². The van der Waals surface area contributed by atoms with E-state index in [2.05, 4.69) is 38.8 Å². The van der Waals surface area contributed by atoms with Crippen molar-refractivity contribution in [3.63, 3.8) is 0 Å². The molecule has 0 spiro atoms. The summed E-state index contributed by atoms with van der Waals surface area (Å²) in [7, 11) is 0. The molecule has 90 valence electrons. The third kappa shape index (κ3) is 2.36. The second kappa shape index (κ2) is 4.91. The zero-order chi connectivity index (χ0) is 11.0. The Kier molecular flexibility index (Phi) is 3.51. The Morgan fingerprint density at radius 3 is 2.76 bits per heavy atom. The lowest BCUT2D eigenvalue weighted by Gasteiger charge is -2.05. The number of nitrogens with one attached hydrogen (secondary N) is 2. The highest BCUT2D eigenvalue weighted by molar-refractivity contribution is 6.05. The van der Waals surface area contributed by atoms with E-state index < -0.39 is 0 Å². The fourth-order valence-corrected chi connectivity index (χ4v) is 1.87. The van der Waals surface area contributed by atoms with Crippen LogP contribution in [0.1, 0.15) is 11.1 Å². The molecule has 0 aliphatic carbocycles. The number of amidine groups is 1. The van der Waals surface area contributed by atoms with Gasteiger partial charge < -0.3 is 0 Å². The fraction of sp³-hybridized carbons (Fsp3) is 0.364. The van der Waals surface area contributed by atoms with Crippen LogP contribution in [-0.2, 0) is 0 Å². The van der Waals surface area contributed by atoms with Crippen LogP contribution in [0.2, 0.25) is 0 Å². The number of benzene rings is 1. The Balaban J connectivity index is 0.00000108. The van der Waals surface area contributed by atoms with Crippen LogP contribution >= 0.6 is 12.4 Å². The summed E-state index contributed by atoms with van der Waals surface area (Å²) in [5.41, 5.74) is 3.13. The van der Waals surface area contributed by atoms with E-state index in [1.165, 1.54) is 5.56 Å². The standard InChI is InChI=1S/C11H13N5.ClH/c1-7-2-3-9-8(6-7)10(16-15-9)14-11-12-4-5-13-11;/h2-3,6,11-13H,4-5H2,1H3;1H. The molecule has 0 unspecified atom stereocenters. The second-order valence-electron chi connectivity index (χ2n) is 3.98.